The van der Waals surface area contributed by atoms with Gasteiger partial charge in [0, 0.05) is 16.4 Å². The molecule has 0 aliphatic rings. The molecule has 0 fully saturated rings. The first-order valence-electron chi connectivity index (χ1n) is 6.72. The van der Waals surface area contributed by atoms with Crippen molar-refractivity contribution >= 4 is 11.3 Å². The molecule has 0 saturated carbocycles. The van der Waals surface area contributed by atoms with Gasteiger partial charge in [0.15, 0.2) is 0 Å². The van der Waals surface area contributed by atoms with Gasteiger partial charge in [0.05, 0.1) is 11.7 Å². The Labute approximate surface area is 124 Å². The van der Waals surface area contributed by atoms with Crippen LogP contribution in [0.2, 0.25) is 0 Å². The van der Waals surface area contributed by atoms with Crippen LogP contribution in [0.1, 0.15) is 48.6 Å². The standard InChI is InChI=1S/C16H21FN2S/c1-10-6-7-12(17)11(8-10)14(18-5)15-19-13(9-20-15)16(2,3)4/h6-9,14,18H,1-5H3. The first-order valence-corrected chi connectivity index (χ1v) is 7.60. The number of aryl methyl sites for hydroxylation is 1. The quantitative estimate of drug-likeness (QED) is 0.917. The van der Waals surface area contributed by atoms with E-state index in [1.807, 2.05) is 20.0 Å². The van der Waals surface area contributed by atoms with Gasteiger partial charge in [-0.2, -0.15) is 0 Å². The molecule has 2 aromatic rings. The second-order valence-electron chi connectivity index (χ2n) is 6.07. The van der Waals surface area contributed by atoms with Gasteiger partial charge in [0.2, 0.25) is 0 Å². The molecule has 1 atom stereocenters. The lowest BCUT2D eigenvalue weighted by molar-refractivity contribution is 0.556. The Bertz CT molecular complexity index is 599. The number of benzene rings is 1. The van der Waals surface area contributed by atoms with E-state index in [4.69, 9.17) is 0 Å². The van der Waals surface area contributed by atoms with Crippen LogP contribution in [0.3, 0.4) is 0 Å². The van der Waals surface area contributed by atoms with Gasteiger partial charge in [-0.05, 0) is 20.0 Å². The minimum Gasteiger partial charge on any atom is -0.307 e. The minimum atomic E-state index is -0.198. The van der Waals surface area contributed by atoms with Crippen LogP contribution in [0.25, 0.3) is 0 Å². The number of rotatable bonds is 3. The fourth-order valence-corrected chi connectivity index (χ4v) is 3.23. The van der Waals surface area contributed by atoms with E-state index < -0.39 is 0 Å². The number of thiazole rings is 1. The molecule has 108 valence electrons. The Balaban J connectivity index is 2.42. The minimum absolute atomic E-state index is 0.0121. The lowest BCUT2D eigenvalue weighted by Gasteiger charge is -2.17. The number of halogens is 1. The summed E-state index contributed by atoms with van der Waals surface area (Å²) < 4.78 is 14.1. The molecule has 20 heavy (non-hydrogen) atoms. The van der Waals surface area contributed by atoms with Crippen molar-refractivity contribution in [2.75, 3.05) is 7.05 Å². The zero-order valence-electron chi connectivity index (χ0n) is 12.6. The summed E-state index contributed by atoms with van der Waals surface area (Å²) in [6.07, 6.45) is 0. The molecule has 1 unspecified atom stereocenters. The summed E-state index contributed by atoms with van der Waals surface area (Å²) in [7, 11) is 1.84. The molecule has 1 aromatic carbocycles. The van der Waals surface area contributed by atoms with Gasteiger partial charge >= 0.3 is 0 Å². The third-order valence-corrected chi connectivity index (χ3v) is 4.20. The first kappa shape index (κ1) is 15.1. The van der Waals surface area contributed by atoms with Gasteiger partial charge in [0.25, 0.3) is 0 Å². The van der Waals surface area contributed by atoms with Crippen LogP contribution >= 0.6 is 11.3 Å². The second kappa shape index (κ2) is 5.62. The largest absolute Gasteiger partial charge is 0.307 e. The van der Waals surface area contributed by atoms with E-state index in [2.05, 4.69) is 36.5 Å². The summed E-state index contributed by atoms with van der Waals surface area (Å²) >= 11 is 1.58. The van der Waals surface area contributed by atoms with Gasteiger partial charge in [-0.25, -0.2) is 9.37 Å². The molecular weight excluding hydrogens is 271 g/mol. The van der Waals surface area contributed by atoms with Crippen LogP contribution < -0.4 is 5.32 Å². The SMILES string of the molecule is CNC(c1nc(C(C)(C)C)cs1)c1cc(C)ccc1F. The number of nitrogens with zero attached hydrogens (tertiary/aromatic N) is 1. The summed E-state index contributed by atoms with van der Waals surface area (Å²) in [5.41, 5.74) is 2.76. The van der Waals surface area contributed by atoms with Crippen LogP contribution in [-0.2, 0) is 5.41 Å². The van der Waals surface area contributed by atoms with Crippen LogP contribution in [0.15, 0.2) is 23.6 Å². The average Bonchev–Trinajstić information content (AvgIpc) is 2.84. The average molecular weight is 292 g/mol. The summed E-state index contributed by atoms with van der Waals surface area (Å²) in [5.74, 6) is -0.192. The molecule has 0 amide bonds. The summed E-state index contributed by atoms with van der Waals surface area (Å²) in [6, 6.07) is 4.99. The van der Waals surface area contributed by atoms with E-state index in [-0.39, 0.29) is 17.3 Å². The van der Waals surface area contributed by atoms with Crippen molar-refractivity contribution in [3.63, 3.8) is 0 Å². The van der Waals surface area contributed by atoms with Crippen LogP contribution in [0.5, 0.6) is 0 Å². The smallest absolute Gasteiger partial charge is 0.128 e. The third kappa shape index (κ3) is 3.07. The monoisotopic (exact) mass is 292 g/mol. The van der Waals surface area contributed by atoms with E-state index in [1.165, 1.54) is 6.07 Å². The predicted octanol–water partition coefficient (Wildman–Crippen LogP) is 4.20. The van der Waals surface area contributed by atoms with Gasteiger partial charge in [-0.1, -0.05) is 38.5 Å². The molecule has 2 nitrogen and oxygen atoms in total. The predicted molar refractivity (Wildman–Crippen MR) is 82.9 cm³/mol. The highest BCUT2D eigenvalue weighted by molar-refractivity contribution is 7.09. The highest BCUT2D eigenvalue weighted by Gasteiger charge is 2.23. The van der Waals surface area contributed by atoms with Crippen LogP contribution in [-0.4, -0.2) is 12.0 Å². The highest BCUT2D eigenvalue weighted by Crippen LogP contribution is 2.31. The fourth-order valence-electron chi connectivity index (χ4n) is 2.06. The Hall–Kier alpha value is -1.26. The topological polar surface area (TPSA) is 24.9 Å². The third-order valence-electron chi connectivity index (χ3n) is 3.29. The van der Waals surface area contributed by atoms with Crippen molar-refractivity contribution < 1.29 is 4.39 Å². The van der Waals surface area contributed by atoms with Crippen molar-refractivity contribution in [3.8, 4) is 0 Å². The second-order valence-corrected chi connectivity index (χ2v) is 6.96. The van der Waals surface area contributed by atoms with Crippen molar-refractivity contribution in [2.45, 2.75) is 39.2 Å². The van der Waals surface area contributed by atoms with Gasteiger partial charge < -0.3 is 5.32 Å². The Morgan fingerprint density at radius 3 is 2.55 bits per heavy atom. The van der Waals surface area contributed by atoms with Crippen molar-refractivity contribution in [3.05, 3.63) is 51.2 Å². The van der Waals surface area contributed by atoms with E-state index in [1.54, 1.807) is 17.4 Å². The van der Waals surface area contributed by atoms with Gasteiger partial charge in [-0.15, -0.1) is 11.3 Å². The zero-order chi connectivity index (χ0) is 14.9. The number of hydrogen-bond donors (Lipinski definition) is 1. The number of aromatic nitrogens is 1. The molecule has 4 heteroatoms. The number of nitrogens with one attached hydrogen (secondary N) is 1. The van der Waals surface area contributed by atoms with E-state index >= 15 is 0 Å². The maximum atomic E-state index is 14.1. The molecule has 1 heterocycles. The lowest BCUT2D eigenvalue weighted by atomic mass is 9.93. The molecule has 1 aromatic heterocycles. The summed E-state index contributed by atoms with van der Waals surface area (Å²) in [4.78, 5) is 4.69. The summed E-state index contributed by atoms with van der Waals surface area (Å²) in [6.45, 7) is 8.37. The molecule has 0 bridgehead atoms. The molecular formula is C16H21FN2S. The van der Waals surface area contributed by atoms with Crippen LogP contribution in [0, 0.1) is 12.7 Å². The Morgan fingerprint density at radius 1 is 1.30 bits per heavy atom. The molecule has 0 aliphatic heterocycles. The van der Waals surface area contributed by atoms with Crippen molar-refractivity contribution in [1.29, 1.82) is 0 Å². The van der Waals surface area contributed by atoms with E-state index in [0.717, 1.165) is 16.3 Å². The van der Waals surface area contributed by atoms with Crippen molar-refractivity contribution in [1.82, 2.24) is 10.3 Å². The van der Waals surface area contributed by atoms with Gasteiger partial charge in [-0.3, -0.25) is 0 Å². The zero-order valence-corrected chi connectivity index (χ0v) is 13.4. The Morgan fingerprint density at radius 2 is 2.00 bits per heavy atom. The maximum absolute atomic E-state index is 14.1. The molecule has 1 N–H and O–H groups in total. The fraction of sp³-hybridized carbons (Fsp3) is 0.438. The molecule has 0 radical (unpaired) electrons. The van der Waals surface area contributed by atoms with Crippen molar-refractivity contribution in [2.24, 2.45) is 0 Å². The van der Waals surface area contributed by atoms with Crippen LogP contribution in [0.4, 0.5) is 4.39 Å². The molecule has 0 spiro atoms. The highest BCUT2D eigenvalue weighted by atomic mass is 32.1. The molecule has 0 aliphatic carbocycles. The first-order chi connectivity index (χ1) is 9.32. The number of hydrogen-bond acceptors (Lipinski definition) is 3. The normalized spacial score (nSPS) is 13.5. The van der Waals surface area contributed by atoms with Gasteiger partial charge in [0.1, 0.15) is 10.8 Å². The maximum Gasteiger partial charge on any atom is 0.128 e. The van der Waals surface area contributed by atoms with E-state index in [0.29, 0.717) is 5.56 Å². The molecule has 0 saturated heterocycles. The lowest BCUT2D eigenvalue weighted by Crippen LogP contribution is -2.20. The molecule has 2 rings (SSSR count). The van der Waals surface area contributed by atoms with E-state index in [9.17, 15) is 4.39 Å². The Kier molecular flexibility index (Phi) is 4.25. The summed E-state index contributed by atoms with van der Waals surface area (Å²) in [5, 5.41) is 6.14.